The van der Waals surface area contributed by atoms with Crippen LogP contribution >= 0.6 is 11.6 Å². The van der Waals surface area contributed by atoms with Gasteiger partial charge in [-0.2, -0.15) is 0 Å². The molecule has 0 aliphatic carbocycles. The van der Waals surface area contributed by atoms with Crippen molar-refractivity contribution in [2.75, 3.05) is 6.54 Å². The topological polar surface area (TPSA) is 72.5 Å². The molecule has 1 amide bonds. The van der Waals surface area contributed by atoms with Crippen molar-refractivity contribution in [1.82, 2.24) is 5.32 Å². The van der Waals surface area contributed by atoms with Gasteiger partial charge in [-0.3, -0.25) is 9.59 Å². The molecule has 4 aromatic rings. The van der Waals surface area contributed by atoms with Gasteiger partial charge in [0.2, 0.25) is 5.43 Å². The molecule has 1 N–H and O–H groups in total. The first kappa shape index (κ1) is 16.4. The zero-order chi connectivity index (χ0) is 18.1. The van der Waals surface area contributed by atoms with Gasteiger partial charge in [0, 0.05) is 17.6 Å². The van der Waals surface area contributed by atoms with Gasteiger partial charge in [-0.15, -0.1) is 0 Å². The average Bonchev–Trinajstić information content (AvgIpc) is 3.06. The van der Waals surface area contributed by atoms with E-state index in [1.165, 1.54) is 6.07 Å². The third kappa shape index (κ3) is 3.09. The zero-order valence-electron chi connectivity index (χ0n) is 13.6. The van der Waals surface area contributed by atoms with Gasteiger partial charge in [-0.05, 0) is 36.2 Å². The molecule has 2 aromatic carbocycles. The standard InChI is InChI=1S/C20H14ClNO4/c21-13-5-3-4-12(10-13)8-9-22-19(24)17-11-15-18(23)14-6-1-2-7-16(14)25-20(15)26-17/h1-7,10-11H,8-9H2,(H,22,24). The van der Waals surface area contributed by atoms with Crippen LogP contribution in [0, 0.1) is 0 Å². The maximum absolute atomic E-state index is 12.5. The smallest absolute Gasteiger partial charge is 0.302 e. The highest BCUT2D eigenvalue weighted by molar-refractivity contribution is 6.30. The molecule has 0 unspecified atom stereocenters. The number of furan rings is 1. The Hall–Kier alpha value is -3.05. The molecule has 6 heteroatoms. The highest BCUT2D eigenvalue weighted by atomic mass is 35.5. The van der Waals surface area contributed by atoms with Gasteiger partial charge in [0.1, 0.15) is 11.0 Å². The molecule has 26 heavy (non-hydrogen) atoms. The highest BCUT2D eigenvalue weighted by Crippen LogP contribution is 2.21. The number of hydrogen-bond acceptors (Lipinski definition) is 4. The van der Waals surface area contributed by atoms with Crippen LogP contribution in [0.1, 0.15) is 16.1 Å². The summed E-state index contributed by atoms with van der Waals surface area (Å²) in [5.74, 6) is -0.308. The van der Waals surface area contributed by atoms with Crippen molar-refractivity contribution in [3.8, 4) is 0 Å². The monoisotopic (exact) mass is 367 g/mol. The quantitative estimate of drug-likeness (QED) is 0.587. The van der Waals surface area contributed by atoms with Gasteiger partial charge in [0.25, 0.3) is 5.91 Å². The van der Waals surface area contributed by atoms with Crippen molar-refractivity contribution >= 4 is 39.6 Å². The molecule has 2 aromatic heterocycles. The molecule has 0 fully saturated rings. The van der Waals surface area contributed by atoms with E-state index in [1.54, 1.807) is 30.3 Å². The van der Waals surface area contributed by atoms with E-state index in [-0.39, 0.29) is 22.4 Å². The van der Waals surface area contributed by atoms with Crippen molar-refractivity contribution in [1.29, 1.82) is 0 Å². The molecule has 0 saturated carbocycles. The number of carbonyl (C=O) groups excluding carboxylic acids is 1. The van der Waals surface area contributed by atoms with Crippen molar-refractivity contribution in [3.63, 3.8) is 0 Å². The van der Waals surface area contributed by atoms with E-state index in [9.17, 15) is 9.59 Å². The van der Waals surface area contributed by atoms with Gasteiger partial charge in [0.15, 0.2) is 5.76 Å². The van der Waals surface area contributed by atoms with Crippen LogP contribution in [-0.2, 0) is 6.42 Å². The number of nitrogens with one attached hydrogen (secondary N) is 1. The molecule has 0 aliphatic heterocycles. The molecular weight excluding hydrogens is 354 g/mol. The minimum Gasteiger partial charge on any atom is -0.425 e. The van der Waals surface area contributed by atoms with E-state index in [2.05, 4.69) is 5.32 Å². The van der Waals surface area contributed by atoms with E-state index in [0.29, 0.717) is 29.0 Å². The number of benzene rings is 2. The number of para-hydroxylation sites is 1. The number of amides is 1. The fraction of sp³-hybridized carbons (Fsp3) is 0.100. The Balaban J connectivity index is 1.54. The molecule has 0 atom stereocenters. The Kier molecular flexibility index (Phi) is 4.22. The van der Waals surface area contributed by atoms with Crippen molar-refractivity contribution in [3.05, 3.63) is 81.2 Å². The highest BCUT2D eigenvalue weighted by Gasteiger charge is 2.17. The maximum atomic E-state index is 12.5. The molecule has 2 heterocycles. The minimum absolute atomic E-state index is 0.0438. The average molecular weight is 368 g/mol. The SMILES string of the molecule is O=C(NCCc1cccc(Cl)c1)c1cc2c(=O)c3ccccc3oc2o1. The number of halogens is 1. The first-order valence-corrected chi connectivity index (χ1v) is 8.47. The third-order valence-corrected chi connectivity index (χ3v) is 4.32. The molecule has 0 bridgehead atoms. The normalized spacial score (nSPS) is 11.1. The Bertz CT molecular complexity index is 1180. The molecule has 0 aliphatic rings. The van der Waals surface area contributed by atoms with E-state index in [0.717, 1.165) is 5.56 Å². The Morgan fingerprint density at radius 2 is 1.85 bits per heavy atom. The fourth-order valence-corrected chi connectivity index (χ4v) is 3.02. The second-order valence-electron chi connectivity index (χ2n) is 5.87. The van der Waals surface area contributed by atoms with Gasteiger partial charge in [-0.25, -0.2) is 0 Å². The van der Waals surface area contributed by atoms with E-state index >= 15 is 0 Å². The lowest BCUT2D eigenvalue weighted by molar-refractivity contribution is 0.0927. The Labute approximate surface area is 153 Å². The number of hydrogen-bond donors (Lipinski definition) is 1. The van der Waals surface area contributed by atoms with Crippen LogP contribution in [0.5, 0.6) is 0 Å². The molecule has 0 saturated heterocycles. The lowest BCUT2D eigenvalue weighted by Crippen LogP contribution is -2.25. The van der Waals surface area contributed by atoms with Crippen molar-refractivity contribution in [2.45, 2.75) is 6.42 Å². The van der Waals surface area contributed by atoms with Crippen LogP contribution in [0.15, 0.2) is 68.2 Å². The first-order valence-electron chi connectivity index (χ1n) is 8.10. The summed E-state index contributed by atoms with van der Waals surface area (Å²) < 4.78 is 11.0. The molecule has 130 valence electrons. The van der Waals surface area contributed by atoms with Gasteiger partial charge in [0.05, 0.1) is 5.39 Å². The predicted molar refractivity (Wildman–Crippen MR) is 99.7 cm³/mol. The zero-order valence-corrected chi connectivity index (χ0v) is 14.4. The van der Waals surface area contributed by atoms with Crippen LogP contribution in [0.25, 0.3) is 22.1 Å². The summed E-state index contributed by atoms with van der Waals surface area (Å²) in [7, 11) is 0. The lowest BCUT2D eigenvalue weighted by Gasteiger charge is -2.03. The van der Waals surface area contributed by atoms with Crippen molar-refractivity contribution in [2.24, 2.45) is 0 Å². The molecular formula is C20H14ClNO4. The van der Waals surface area contributed by atoms with Crippen molar-refractivity contribution < 1.29 is 13.6 Å². The summed E-state index contributed by atoms with van der Waals surface area (Å²) in [4.78, 5) is 24.8. The van der Waals surface area contributed by atoms with E-state index < -0.39 is 5.91 Å². The van der Waals surface area contributed by atoms with Crippen LogP contribution in [-0.4, -0.2) is 12.5 Å². The molecule has 5 nitrogen and oxygen atoms in total. The van der Waals surface area contributed by atoms with Gasteiger partial charge < -0.3 is 14.2 Å². The predicted octanol–water partition coefficient (Wildman–Crippen LogP) is 4.17. The van der Waals surface area contributed by atoms with Crippen LogP contribution < -0.4 is 10.7 Å². The minimum atomic E-state index is -0.401. The summed E-state index contributed by atoms with van der Waals surface area (Å²) in [5.41, 5.74) is 1.22. The number of carbonyl (C=O) groups is 1. The molecule has 0 radical (unpaired) electrons. The van der Waals surface area contributed by atoms with Gasteiger partial charge >= 0.3 is 5.78 Å². The van der Waals surface area contributed by atoms with Crippen LogP contribution in [0.2, 0.25) is 5.02 Å². The number of fused-ring (bicyclic) bond motifs is 2. The fourth-order valence-electron chi connectivity index (χ4n) is 2.81. The van der Waals surface area contributed by atoms with Crippen LogP contribution in [0.3, 0.4) is 0 Å². The molecule has 4 rings (SSSR count). The molecule has 0 spiro atoms. The summed E-state index contributed by atoms with van der Waals surface area (Å²) in [6, 6.07) is 15.8. The first-order chi connectivity index (χ1) is 12.6. The Morgan fingerprint density at radius 3 is 2.69 bits per heavy atom. The summed E-state index contributed by atoms with van der Waals surface area (Å²) in [6.45, 7) is 0.416. The second-order valence-corrected chi connectivity index (χ2v) is 6.31. The van der Waals surface area contributed by atoms with Crippen LogP contribution in [0.4, 0.5) is 0 Å². The third-order valence-electron chi connectivity index (χ3n) is 4.09. The van der Waals surface area contributed by atoms with Gasteiger partial charge in [-0.1, -0.05) is 35.9 Å². The summed E-state index contributed by atoms with van der Waals surface area (Å²) in [5, 5.41) is 4.13. The largest absolute Gasteiger partial charge is 0.425 e. The lowest BCUT2D eigenvalue weighted by atomic mass is 10.1. The Morgan fingerprint density at radius 1 is 1.00 bits per heavy atom. The maximum Gasteiger partial charge on any atom is 0.302 e. The van der Waals surface area contributed by atoms with E-state index in [1.807, 2.05) is 18.2 Å². The summed E-state index contributed by atoms with van der Waals surface area (Å²) in [6.07, 6.45) is 0.633. The second kappa shape index (κ2) is 6.69. The summed E-state index contributed by atoms with van der Waals surface area (Å²) >= 11 is 5.94. The van der Waals surface area contributed by atoms with E-state index in [4.69, 9.17) is 20.4 Å². The number of rotatable bonds is 4.